The molecule has 1 aromatic heterocycles. The maximum absolute atomic E-state index is 13.9. The van der Waals surface area contributed by atoms with Crippen molar-refractivity contribution in [2.45, 2.75) is 5.16 Å². The lowest BCUT2D eigenvalue weighted by Gasteiger charge is -2.13. The maximum Gasteiger partial charge on any atom is 0.189 e. The van der Waals surface area contributed by atoms with Gasteiger partial charge in [-0.15, -0.1) is 0 Å². The molecule has 5 heteroatoms. The van der Waals surface area contributed by atoms with Crippen LogP contribution in [0.2, 0.25) is 0 Å². The van der Waals surface area contributed by atoms with Crippen molar-refractivity contribution in [3.63, 3.8) is 0 Å². The van der Waals surface area contributed by atoms with Gasteiger partial charge >= 0.3 is 0 Å². The van der Waals surface area contributed by atoms with Crippen LogP contribution in [0.1, 0.15) is 5.56 Å². The van der Waals surface area contributed by atoms with E-state index in [1.807, 2.05) is 42.6 Å². The fraction of sp³-hybridized carbons (Fsp3) is 0.0588. The molecular formula is C17H12FN3S. The van der Waals surface area contributed by atoms with E-state index in [0.29, 0.717) is 11.3 Å². The molecule has 2 aromatic carbocycles. The number of halogens is 1. The fourth-order valence-electron chi connectivity index (χ4n) is 2.39. The Kier molecular flexibility index (Phi) is 3.27. The lowest BCUT2D eigenvalue weighted by Crippen LogP contribution is -2.14. The van der Waals surface area contributed by atoms with E-state index in [4.69, 9.17) is 0 Å². The molecule has 0 atom stereocenters. The molecule has 0 aliphatic carbocycles. The van der Waals surface area contributed by atoms with Crippen LogP contribution in [0.4, 0.5) is 4.39 Å². The van der Waals surface area contributed by atoms with Crippen LogP contribution in [0.15, 0.2) is 71.1 Å². The predicted molar refractivity (Wildman–Crippen MR) is 86.7 cm³/mol. The van der Waals surface area contributed by atoms with E-state index in [-0.39, 0.29) is 5.82 Å². The average molecular weight is 309 g/mol. The first kappa shape index (κ1) is 13.3. The zero-order valence-corrected chi connectivity index (χ0v) is 12.4. The summed E-state index contributed by atoms with van der Waals surface area (Å²) < 4.78 is 15.6. The quantitative estimate of drug-likeness (QED) is 0.715. The zero-order valence-electron chi connectivity index (χ0n) is 11.6. The van der Waals surface area contributed by atoms with Crippen LogP contribution in [0.5, 0.6) is 0 Å². The molecule has 0 fully saturated rings. The molecule has 22 heavy (non-hydrogen) atoms. The molecule has 3 nitrogen and oxygen atoms in total. The topological polar surface area (TPSA) is 30.2 Å². The number of aromatic nitrogens is 2. The summed E-state index contributed by atoms with van der Waals surface area (Å²) in [4.78, 5) is 4.60. The van der Waals surface area contributed by atoms with Crippen LogP contribution in [0.25, 0.3) is 11.3 Å². The number of hydrogen-bond donors (Lipinski definition) is 0. The normalized spacial score (nSPS) is 13.6. The van der Waals surface area contributed by atoms with Crippen molar-refractivity contribution in [2.24, 2.45) is 5.10 Å². The molecule has 0 amide bonds. The molecule has 2 heterocycles. The molecule has 0 unspecified atom stereocenters. The van der Waals surface area contributed by atoms with Crippen molar-refractivity contribution in [3.05, 3.63) is 72.2 Å². The van der Waals surface area contributed by atoms with E-state index in [0.717, 1.165) is 22.1 Å². The van der Waals surface area contributed by atoms with Crippen LogP contribution < -0.4 is 0 Å². The minimum absolute atomic E-state index is 0.242. The first-order chi connectivity index (χ1) is 10.8. The molecular weight excluding hydrogens is 297 g/mol. The van der Waals surface area contributed by atoms with Crippen LogP contribution in [0, 0.1) is 5.82 Å². The Morgan fingerprint density at radius 2 is 1.77 bits per heavy atom. The SMILES string of the molecule is Fc1ccccc1C1=Nn2cc(-c3ccccc3)nc2SC1. The van der Waals surface area contributed by atoms with Crippen molar-refractivity contribution in [1.82, 2.24) is 9.66 Å². The first-order valence-corrected chi connectivity index (χ1v) is 7.90. The van der Waals surface area contributed by atoms with Gasteiger partial charge in [-0.2, -0.15) is 5.10 Å². The second-order valence-electron chi connectivity index (χ2n) is 4.93. The zero-order chi connectivity index (χ0) is 14.9. The second-order valence-corrected chi connectivity index (χ2v) is 5.88. The van der Waals surface area contributed by atoms with Gasteiger partial charge in [0, 0.05) is 16.9 Å². The summed E-state index contributed by atoms with van der Waals surface area (Å²) in [5, 5.41) is 5.36. The molecule has 0 bridgehead atoms. The number of rotatable bonds is 2. The van der Waals surface area contributed by atoms with Gasteiger partial charge in [0.1, 0.15) is 5.82 Å². The Labute approximate surface area is 131 Å². The van der Waals surface area contributed by atoms with Crippen molar-refractivity contribution >= 4 is 17.5 Å². The minimum atomic E-state index is -0.242. The molecule has 4 rings (SSSR count). The molecule has 0 saturated heterocycles. The average Bonchev–Trinajstić information content (AvgIpc) is 2.99. The number of hydrogen-bond acceptors (Lipinski definition) is 3. The Bertz CT molecular complexity index is 855. The van der Waals surface area contributed by atoms with Gasteiger partial charge in [0.2, 0.25) is 0 Å². The van der Waals surface area contributed by atoms with Crippen LogP contribution in [0.3, 0.4) is 0 Å². The molecule has 0 spiro atoms. The number of imidazole rings is 1. The maximum atomic E-state index is 13.9. The smallest absolute Gasteiger partial charge is 0.189 e. The fourth-order valence-corrected chi connectivity index (χ4v) is 3.26. The van der Waals surface area contributed by atoms with E-state index < -0.39 is 0 Å². The lowest BCUT2D eigenvalue weighted by atomic mass is 10.1. The van der Waals surface area contributed by atoms with E-state index in [2.05, 4.69) is 10.1 Å². The Morgan fingerprint density at radius 1 is 1.00 bits per heavy atom. The van der Waals surface area contributed by atoms with Crippen LogP contribution in [-0.2, 0) is 0 Å². The molecule has 108 valence electrons. The summed E-state index contributed by atoms with van der Waals surface area (Å²) in [6.07, 6.45) is 1.89. The predicted octanol–water partition coefficient (Wildman–Crippen LogP) is 4.05. The summed E-state index contributed by atoms with van der Waals surface area (Å²) in [6, 6.07) is 16.7. The molecule has 1 aliphatic heterocycles. The Balaban J connectivity index is 1.75. The van der Waals surface area contributed by atoms with Crippen molar-refractivity contribution in [1.29, 1.82) is 0 Å². The number of nitrogens with zero attached hydrogens (tertiary/aromatic N) is 3. The third kappa shape index (κ3) is 2.33. The summed E-state index contributed by atoms with van der Waals surface area (Å²) >= 11 is 1.57. The standard InChI is InChI=1S/C17H12FN3S/c18-14-9-5-4-8-13(14)16-11-22-17-19-15(10-21(17)20-16)12-6-2-1-3-7-12/h1-10H,11H2. The van der Waals surface area contributed by atoms with E-state index in [1.165, 1.54) is 6.07 Å². The summed E-state index contributed by atoms with van der Waals surface area (Å²) in [7, 11) is 0. The number of benzene rings is 2. The third-order valence-electron chi connectivity index (χ3n) is 3.48. The van der Waals surface area contributed by atoms with Gasteiger partial charge in [0.25, 0.3) is 0 Å². The molecule has 0 radical (unpaired) electrons. The van der Waals surface area contributed by atoms with E-state index in [9.17, 15) is 4.39 Å². The minimum Gasteiger partial charge on any atom is -0.221 e. The van der Waals surface area contributed by atoms with Gasteiger partial charge in [-0.25, -0.2) is 14.1 Å². The highest BCUT2D eigenvalue weighted by molar-refractivity contribution is 7.99. The van der Waals surface area contributed by atoms with Gasteiger partial charge in [-0.1, -0.05) is 60.3 Å². The largest absolute Gasteiger partial charge is 0.221 e. The Hall–Kier alpha value is -2.40. The van der Waals surface area contributed by atoms with Crippen LogP contribution >= 0.6 is 11.8 Å². The number of fused-ring (bicyclic) bond motifs is 1. The second kappa shape index (κ2) is 5.42. The molecule has 1 aliphatic rings. The van der Waals surface area contributed by atoms with Gasteiger partial charge in [0.05, 0.1) is 17.6 Å². The Morgan fingerprint density at radius 3 is 2.59 bits per heavy atom. The van der Waals surface area contributed by atoms with Crippen molar-refractivity contribution in [3.8, 4) is 11.3 Å². The molecule has 3 aromatic rings. The van der Waals surface area contributed by atoms with Gasteiger partial charge in [-0.3, -0.25) is 0 Å². The monoisotopic (exact) mass is 309 g/mol. The van der Waals surface area contributed by atoms with Gasteiger partial charge in [0.15, 0.2) is 5.16 Å². The van der Waals surface area contributed by atoms with Crippen LogP contribution in [-0.4, -0.2) is 21.1 Å². The lowest BCUT2D eigenvalue weighted by molar-refractivity contribution is 0.624. The van der Waals surface area contributed by atoms with E-state index in [1.54, 1.807) is 28.6 Å². The highest BCUT2D eigenvalue weighted by Crippen LogP contribution is 2.28. The first-order valence-electron chi connectivity index (χ1n) is 6.91. The molecule has 0 N–H and O–H groups in total. The summed E-state index contributed by atoms with van der Waals surface area (Å²) in [6.45, 7) is 0. The van der Waals surface area contributed by atoms with Crippen molar-refractivity contribution in [2.75, 3.05) is 5.75 Å². The summed E-state index contributed by atoms with van der Waals surface area (Å²) in [5.74, 6) is 0.375. The highest BCUT2D eigenvalue weighted by atomic mass is 32.2. The number of thioether (sulfide) groups is 1. The van der Waals surface area contributed by atoms with E-state index >= 15 is 0 Å². The van der Waals surface area contributed by atoms with Crippen molar-refractivity contribution < 1.29 is 4.39 Å². The highest BCUT2D eigenvalue weighted by Gasteiger charge is 2.19. The molecule has 0 saturated carbocycles. The van der Waals surface area contributed by atoms with Gasteiger partial charge in [-0.05, 0) is 6.07 Å². The van der Waals surface area contributed by atoms with Gasteiger partial charge < -0.3 is 0 Å². The third-order valence-corrected chi connectivity index (χ3v) is 4.43. The summed E-state index contributed by atoms with van der Waals surface area (Å²) in [5.41, 5.74) is 3.21.